The fraction of sp³-hybridized carbons (Fsp3) is 0.536. The molecule has 41 heavy (non-hydrogen) atoms. The van der Waals surface area contributed by atoms with Gasteiger partial charge in [-0.1, -0.05) is 0 Å². The summed E-state index contributed by atoms with van der Waals surface area (Å²) in [5.41, 5.74) is 0.648. The maximum Gasteiger partial charge on any atom is 0.420 e. The molecule has 1 saturated carbocycles. The first-order valence-electron chi connectivity index (χ1n) is 14.0. The molecular formula is C28H33F3N6O2S2. The molecule has 0 bridgehead atoms. The Balaban J connectivity index is 1.26. The minimum absolute atomic E-state index is 0.114. The Kier molecular flexibility index (Phi) is 8.42. The number of fused-ring (bicyclic) bond motifs is 1. The summed E-state index contributed by atoms with van der Waals surface area (Å²) in [5.74, 6) is 2.08. The number of aromatic nitrogens is 3. The molecule has 2 fully saturated rings. The van der Waals surface area contributed by atoms with Crippen LogP contribution in [0, 0.1) is 0 Å². The highest BCUT2D eigenvalue weighted by Gasteiger charge is 2.37. The Hall–Kier alpha value is -2.45. The second-order valence-electron chi connectivity index (χ2n) is 10.7. The number of alkyl halides is 3. The maximum absolute atomic E-state index is 14.0. The SMILES string of the molecule is CC1CN(c2ccc(Nc3ncc(C(F)(F)F)c(-c4cc5c(s4)COCCS5)n3)c(C3CC3)n2)CCN1CCCO. The molecule has 0 radical (unpaired) electrons. The van der Waals surface area contributed by atoms with E-state index in [0.717, 1.165) is 84.4 Å². The summed E-state index contributed by atoms with van der Waals surface area (Å²) in [6, 6.07) is 6.04. The van der Waals surface area contributed by atoms with Crippen LogP contribution in [-0.4, -0.2) is 76.1 Å². The van der Waals surface area contributed by atoms with E-state index in [9.17, 15) is 18.3 Å². The van der Waals surface area contributed by atoms with E-state index in [2.05, 4.69) is 32.0 Å². The number of thioether (sulfide) groups is 1. The number of hydrogen-bond acceptors (Lipinski definition) is 10. The second kappa shape index (κ2) is 12.0. The standard InChI is InChI=1S/C28H33F3N6O2S2/c1-17-15-37(9-8-36(17)7-2-10-38)24-6-5-20(25(34-24)18-3-4-18)33-27-32-14-19(28(29,30)31)26(35-27)22-13-21-23(41-22)16-39-11-12-40-21/h5-6,13-14,17-18,38H,2-4,7-12,15-16H2,1H3,(H,32,33,35). The molecule has 3 aliphatic rings. The summed E-state index contributed by atoms with van der Waals surface area (Å²) in [7, 11) is 0. The smallest absolute Gasteiger partial charge is 0.396 e. The largest absolute Gasteiger partial charge is 0.420 e. The van der Waals surface area contributed by atoms with Gasteiger partial charge in [-0.15, -0.1) is 23.1 Å². The fourth-order valence-corrected chi connectivity index (χ4v) is 7.52. The number of piperazine rings is 1. The predicted molar refractivity (Wildman–Crippen MR) is 155 cm³/mol. The number of nitrogens with one attached hydrogen (secondary N) is 1. The van der Waals surface area contributed by atoms with Crippen LogP contribution in [0.5, 0.6) is 0 Å². The van der Waals surface area contributed by atoms with Crippen LogP contribution in [0.3, 0.4) is 0 Å². The minimum atomic E-state index is -4.58. The third-order valence-electron chi connectivity index (χ3n) is 7.63. The molecule has 1 atom stereocenters. The summed E-state index contributed by atoms with van der Waals surface area (Å²) < 4.78 is 47.6. The molecule has 1 saturated heterocycles. The van der Waals surface area contributed by atoms with Gasteiger partial charge in [0.1, 0.15) is 11.4 Å². The lowest BCUT2D eigenvalue weighted by Gasteiger charge is -2.40. The molecule has 5 heterocycles. The van der Waals surface area contributed by atoms with Gasteiger partial charge in [0.25, 0.3) is 0 Å². The molecule has 1 unspecified atom stereocenters. The Morgan fingerprint density at radius 1 is 1.20 bits per heavy atom. The van der Waals surface area contributed by atoms with E-state index < -0.39 is 11.7 Å². The molecule has 13 heteroatoms. The summed E-state index contributed by atoms with van der Waals surface area (Å²) in [6.45, 7) is 6.87. The third-order valence-corrected chi connectivity index (χ3v) is 9.92. The number of nitrogens with zero attached hydrogens (tertiary/aromatic N) is 5. The monoisotopic (exact) mass is 606 g/mol. The maximum atomic E-state index is 14.0. The van der Waals surface area contributed by atoms with Gasteiger partial charge >= 0.3 is 6.18 Å². The zero-order chi connectivity index (χ0) is 28.6. The molecule has 8 nitrogen and oxygen atoms in total. The van der Waals surface area contributed by atoms with Crippen molar-refractivity contribution in [3.63, 3.8) is 0 Å². The van der Waals surface area contributed by atoms with Crippen LogP contribution in [0.15, 0.2) is 29.3 Å². The van der Waals surface area contributed by atoms with Crippen molar-refractivity contribution in [1.29, 1.82) is 0 Å². The summed E-state index contributed by atoms with van der Waals surface area (Å²) >= 11 is 2.88. The van der Waals surface area contributed by atoms with Crippen molar-refractivity contribution in [3.8, 4) is 10.6 Å². The van der Waals surface area contributed by atoms with Gasteiger partial charge in [0, 0.05) is 66.5 Å². The van der Waals surface area contributed by atoms with Crippen LogP contribution in [0.2, 0.25) is 0 Å². The van der Waals surface area contributed by atoms with Crippen molar-refractivity contribution in [1.82, 2.24) is 19.9 Å². The summed E-state index contributed by atoms with van der Waals surface area (Å²) in [4.78, 5) is 20.5. The van der Waals surface area contributed by atoms with Crippen LogP contribution >= 0.6 is 23.1 Å². The quantitative estimate of drug-likeness (QED) is 0.333. The van der Waals surface area contributed by atoms with Crippen LogP contribution in [0.1, 0.15) is 48.2 Å². The molecule has 0 spiro atoms. The predicted octanol–water partition coefficient (Wildman–Crippen LogP) is 5.76. The normalized spacial score (nSPS) is 20.1. The Bertz CT molecular complexity index is 1360. The number of hydrogen-bond donors (Lipinski definition) is 2. The topological polar surface area (TPSA) is 86.6 Å². The fourth-order valence-electron chi connectivity index (χ4n) is 5.31. The molecular weight excluding hydrogens is 573 g/mol. The number of pyridine rings is 1. The van der Waals surface area contributed by atoms with Crippen molar-refractivity contribution in [2.24, 2.45) is 0 Å². The molecule has 6 rings (SSSR count). The van der Waals surface area contributed by atoms with E-state index in [0.29, 0.717) is 30.1 Å². The van der Waals surface area contributed by atoms with E-state index in [-0.39, 0.29) is 18.2 Å². The molecule has 0 aromatic carbocycles. The number of ether oxygens (including phenoxy) is 1. The average Bonchev–Trinajstić information content (AvgIpc) is 3.76. The first-order chi connectivity index (χ1) is 19.8. The highest BCUT2D eigenvalue weighted by Crippen LogP contribution is 2.45. The summed E-state index contributed by atoms with van der Waals surface area (Å²) in [5, 5.41) is 12.4. The Morgan fingerprint density at radius 2 is 2.05 bits per heavy atom. The number of aliphatic hydroxyl groups excluding tert-OH is 1. The van der Waals surface area contributed by atoms with E-state index >= 15 is 0 Å². The zero-order valence-electron chi connectivity index (χ0n) is 22.8. The Labute approximate surface area is 245 Å². The molecule has 1 aliphatic carbocycles. The van der Waals surface area contributed by atoms with E-state index in [1.54, 1.807) is 17.8 Å². The molecule has 3 aromatic heterocycles. The van der Waals surface area contributed by atoms with Gasteiger partial charge in [0.05, 0.1) is 35.2 Å². The average molecular weight is 607 g/mol. The van der Waals surface area contributed by atoms with Crippen LogP contribution in [0.4, 0.5) is 30.6 Å². The third kappa shape index (κ3) is 6.48. The lowest BCUT2D eigenvalue weighted by molar-refractivity contribution is -0.137. The highest BCUT2D eigenvalue weighted by molar-refractivity contribution is 7.99. The van der Waals surface area contributed by atoms with Crippen molar-refractivity contribution >= 4 is 40.6 Å². The van der Waals surface area contributed by atoms with Crippen molar-refractivity contribution in [2.75, 3.05) is 55.4 Å². The first kappa shape index (κ1) is 28.7. The van der Waals surface area contributed by atoms with Crippen LogP contribution in [0.25, 0.3) is 10.6 Å². The molecule has 2 N–H and O–H groups in total. The number of thiophene rings is 1. The lowest BCUT2D eigenvalue weighted by Crippen LogP contribution is -2.52. The number of halogens is 3. The van der Waals surface area contributed by atoms with Gasteiger partial charge in [0.15, 0.2) is 0 Å². The van der Waals surface area contributed by atoms with Gasteiger partial charge < -0.3 is 20.1 Å². The van der Waals surface area contributed by atoms with Gasteiger partial charge in [-0.3, -0.25) is 4.90 Å². The second-order valence-corrected chi connectivity index (χ2v) is 12.9. The molecule has 0 amide bonds. The number of rotatable bonds is 8. The van der Waals surface area contributed by atoms with Crippen molar-refractivity contribution < 1.29 is 23.0 Å². The minimum Gasteiger partial charge on any atom is -0.396 e. The highest BCUT2D eigenvalue weighted by atomic mass is 32.2. The van der Waals surface area contributed by atoms with Gasteiger partial charge in [-0.25, -0.2) is 15.0 Å². The lowest BCUT2D eigenvalue weighted by atomic mass is 10.1. The zero-order valence-corrected chi connectivity index (χ0v) is 24.4. The molecule has 2 aliphatic heterocycles. The van der Waals surface area contributed by atoms with E-state index in [1.807, 2.05) is 12.1 Å². The first-order valence-corrected chi connectivity index (χ1v) is 15.8. The van der Waals surface area contributed by atoms with E-state index in [1.165, 1.54) is 11.3 Å². The Morgan fingerprint density at radius 3 is 2.80 bits per heavy atom. The summed E-state index contributed by atoms with van der Waals surface area (Å²) in [6.07, 6.45) is -0.896. The van der Waals surface area contributed by atoms with Gasteiger partial charge in [0.2, 0.25) is 5.95 Å². The number of anilines is 3. The molecule has 3 aromatic rings. The van der Waals surface area contributed by atoms with Gasteiger partial charge in [-0.2, -0.15) is 13.2 Å². The van der Waals surface area contributed by atoms with Crippen LogP contribution in [-0.2, 0) is 17.5 Å². The van der Waals surface area contributed by atoms with Gasteiger partial charge in [-0.05, 0) is 44.4 Å². The molecule has 220 valence electrons. The van der Waals surface area contributed by atoms with Crippen molar-refractivity contribution in [2.45, 2.75) is 55.8 Å². The van der Waals surface area contributed by atoms with Crippen LogP contribution < -0.4 is 10.2 Å². The van der Waals surface area contributed by atoms with E-state index in [4.69, 9.17) is 9.72 Å². The number of aliphatic hydroxyl groups is 1. The van der Waals surface area contributed by atoms with Crippen molar-refractivity contribution in [3.05, 3.63) is 40.5 Å².